The molecule has 0 saturated carbocycles. The number of halogens is 1. The van der Waals surface area contributed by atoms with Gasteiger partial charge in [0.05, 0.1) is 18.7 Å². The number of ether oxygens (including phenoxy) is 1. The minimum absolute atomic E-state index is 0.0859. The van der Waals surface area contributed by atoms with Gasteiger partial charge in [0.25, 0.3) is 0 Å². The third kappa shape index (κ3) is 3.51. The Morgan fingerprint density at radius 1 is 1.50 bits per heavy atom. The lowest BCUT2D eigenvalue weighted by molar-refractivity contribution is -0.132. The standard InChI is InChI=1S/C15H21ClN2O2/c1-4-20-15(2,3)10-18-13(19)9-17-14(18)11-6-5-7-12(16)8-11/h5-8,14,17H,4,9-10H2,1-3H3. The van der Waals surface area contributed by atoms with Crippen LogP contribution in [0.15, 0.2) is 24.3 Å². The Hall–Kier alpha value is -1.10. The molecule has 110 valence electrons. The van der Waals surface area contributed by atoms with Gasteiger partial charge in [0.2, 0.25) is 5.91 Å². The Morgan fingerprint density at radius 3 is 2.90 bits per heavy atom. The highest BCUT2D eigenvalue weighted by atomic mass is 35.5. The molecule has 1 aliphatic heterocycles. The quantitative estimate of drug-likeness (QED) is 0.908. The van der Waals surface area contributed by atoms with Gasteiger partial charge in [0.1, 0.15) is 6.17 Å². The van der Waals surface area contributed by atoms with Crippen molar-refractivity contribution in [2.75, 3.05) is 19.7 Å². The Kier molecular flexibility index (Phi) is 4.68. The van der Waals surface area contributed by atoms with E-state index in [0.29, 0.717) is 24.7 Å². The van der Waals surface area contributed by atoms with Gasteiger partial charge in [-0.15, -0.1) is 0 Å². The summed E-state index contributed by atoms with van der Waals surface area (Å²) in [5.74, 6) is 0.0859. The van der Waals surface area contributed by atoms with Crippen LogP contribution in [-0.4, -0.2) is 36.1 Å². The van der Waals surface area contributed by atoms with Crippen molar-refractivity contribution in [3.8, 4) is 0 Å². The highest BCUT2D eigenvalue weighted by molar-refractivity contribution is 6.30. The van der Waals surface area contributed by atoms with E-state index in [0.717, 1.165) is 5.56 Å². The topological polar surface area (TPSA) is 41.6 Å². The fraction of sp³-hybridized carbons (Fsp3) is 0.533. The second kappa shape index (κ2) is 6.12. The van der Waals surface area contributed by atoms with E-state index in [4.69, 9.17) is 16.3 Å². The fourth-order valence-electron chi connectivity index (χ4n) is 2.54. The second-order valence-corrected chi connectivity index (χ2v) is 5.99. The zero-order valence-electron chi connectivity index (χ0n) is 12.1. The third-order valence-electron chi connectivity index (χ3n) is 3.33. The molecular formula is C15H21ClN2O2. The number of carbonyl (C=O) groups excluding carboxylic acids is 1. The minimum atomic E-state index is -0.368. The van der Waals surface area contributed by atoms with Crippen molar-refractivity contribution in [1.29, 1.82) is 0 Å². The first-order valence-electron chi connectivity index (χ1n) is 6.85. The predicted molar refractivity (Wildman–Crippen MR) is 79.6 cm³/mol. The van der Waals surface area contributed by atoms with E-state index in [9.17, 15) is 4.79 Å². The maximum atomic E-state index is 12.1. The van der Waals surface area contributed by atoms with Crippen LogP contribution in [0.3, 0.4) is 0 Å². The lowest BCUT2D eigenvalue weighted by Gasteiger charge is -2.33. The summed E-state index contributed by atoms with van der Waals surface area (Å²) in [6, 6.07) is 7.59. The van der Waals surface area contributed by atoms with Crippen molar-refractivity contribution in [1.82, 2.24) is 10.2 Å². The van der Waals surface area contributed by atoms with Gasteiger partial charge in [-0.3, -0.25) is 10.1 Å². The van der Waals surface area contributed by atoms with E-state index in [1.807, 2.05) is 49.9 Å². The molecule has 1 aliphatic rings. The highest BCUT2D eigenvalue weighted by Crippen LogP contribution is 2.27. The summed E-state index contributed by atoms with van der Waals surface area (Å²) in [6.45, 7) is 7.47. The Morgan fingerprint density at radius 2 is 2.25 bits per heavy atom. The van der Waals surface area contributed by atoms with Crippen LogP contribution in [-0.2, 0) is 9.53 Å². The van der Waals surface area contributed by atoms with Gasteiger partial charge in [-0.1, -0.05) is 23.7 Å². The lowest BCUT2D eigenvalue weighted by Crippen LogP contribution is -2.43. The van der Waals surface area contributed by atoms with Crippen LogP contribution in [0, 0.1) is 0 Å². The van der Waals surface area contributed by atoms with Crippen LogP contribution in [0.5, 0.6) is 0 Å². The van der Waals surface area contributed by atoms with Crippen LogP contribution in [0.25, 0.3) is 0 Å². The Labute approximate surface area is 125 Å². The average Bonchev–Trinajstić information content (AvgIpc) is 2.70. The number of nitrogens with one attached hydrogen (secondary N) is 1. The highest BCUT2D eigenvalue weighted by Gasteiger charge is 2.35. The molecule has 20 heavy (non-hydrogen) atoms. The Balaban J connectivity index is 2.19. The normalized spacial score (nSPS) is 19.7. The molecule has 2 rings (SSSR count). The summed E-state index contributed by atoms with van der Waals surface area (Å²) in [7, 11) is 0. The van der Waals surface area contributed by atoms with Gasteiger partial charge < -0.3 is 9.64 Å². The molecular weight excluding hydrogens is 276 g/mol. The number of nitrogens with zero attached hydrogens (tertiary/aromatic N) is 1. The molecule has 1 saturated heterocycles. The predicted octanol–water partition coefficient (Wildman–Crippen LogP) is 2.59. The molecule has 1 aromatic carbocycles. The van der Waals surface area contributed by atoms with Crippen LogP contribution < -0.4 is 5.32 Å². The fourth-order valence-corrected chi connectivity index (χ4v) is 2.74. The Bertz CT molecular complexity index is 491. The maximum Gasteiger partial charge on any atom is 0.238 e. The molecule has 1 atom stereocenters. The van der Waals surface area contributed by atoms with Gasteiger partial charge in [0, 0.05) is 11.6 Å². The number of benzene rings is 1. The summed E-state index contributed by atoms with van der Waals surface area (Å²) < 4.78 is 5.70. The summed E-state index contributed by atoms with van der Waals surface area (Å²) in [5.41, 5.74) is 0.628. The maximum absolute atomic E-state index is 12.1. The SMILES string of the molecule is CCOC(C)(C)CN1C(=O)CNC1c1cccc(Cl)c1. The molecule has 0 aliphatic carbocycles. The molecule has 0 radical (unpaired) electrons. The summed E-state index contributed by atoms with van der Waals surface area (Å²) in [4.78, 5) is 13.9. The average molecular weight is 297 g/mol. The molecule has 1 N–H and O–H groups in total. The van der Waals surface area contributed by atoms with E-state index in [1.165, 1.54) is 0 Å². The van der Waals surface area contributed by atoms with Crippen molar-refractivity contribution in [2.45, 2.75) is 32.5 Å². The van der Waals surface area contributed by atoms with Crippen molar-refractivity contribution in [2.24, 2.45) is 0 Å². The smallest absolute Gasteiger partial charge is 0.238 e. The van der Waals surface area contributed by atoms with E-state index >= 15 is 0 Å². The first kappa shape index (κ1) is 15.3. The van der Waals surface area contributed by atoms with Crippen LogP contribution >= 0.6 is 11.6 Å². The van der Waals surface area contributed by atoms with Crippen molar-refractivity contribution in [3.05, 3.63) is 34.9 Å². The minimum Gasteiger partial charge on any atom is -0.374 e. The van der Waals surface area contributed by atoms with E-state index in [1.54, 1.807) is 0 Å². The zero-order chi connectivity index (χ0) is 14.8. The number of hydrogen-bond acceptors (Lipinski definition) is 3. The molecule has 1 fully saturated rings. The van der Waals surface area contributed by atoms with Gasteiger partial charge in [-0.25, -0.2) is 0 Å². The van der Waals surface area contributed by atoms with Crippen molar-refractivity contribution >= 4 is 17.5 Å². The molecule has 4 nitrogen and oxygen atoms in total. The first-order chi connectivity index (χ1) is 9.43. The van der Waals surface area contributed by atoms with Crippen molar-refractivity contribution in [3.63, 3.8) is 0 Å². The monoisotopic (exact) mass is 296 g/mol. The number of carbonyl (C=O) groups is 1. The molecule has 5 heteroatoms. The second-order valence-electron chi connectivity index (χ2n) is 5.55. The number of amides is 1. The van der Waals surface area contributed by atoms with Crippen molar-refractivity contribution < 1.29 is 9.53 Å². The third-order valence-corrected chi connectivity index (χ3v) is 3.56. The van der Waals surface area contributed by atoms with Crippen LogP contribution in [0.4, 0.5) is 0 Å². The summed E-state index contributed by atoms with van der Waals surface area (Å²) in [5, 5.41) is 3.90. The molecule has 0 aromatic heterocycles. The lowest BCUT2D eigenvalue weighted by atomic mass is 10.1. The molecule has 1 aromatic rings. The number of rotatable bonds is 5. The van der Waals surface area contributed by atoms with E-state index in [-0.39, 0.29) is 17.7 Å². The largest absolute Gasteiger partial charge is 0.374 e. The molecule has 0 spiro atoms. The molecule has 1 unspecified atom stereocenters. The summed E-state index contributed by atoms with van der Waals surface area (Å²) in [6.07, 6.45) is -0.138. The molecule has 0 bridgehead atoms. The van der Waals surface area contributed by atoms with Gasteiger partial charge in [-0.05, 0) is 38.5 Å². The molecule has 1 amide bonds. The van der Waals surface area contributed by atoms with Gasteiger partial charge in [-0.2, -0.15) is 0 Å². The molecule has 1 heterocycles. The van der Waals surface area contributed by atoms with Gasteiger partial charge >= 0.3 is 0 Å². The van der Waals surface area contributed by atoms with Crippen LogP contribution in [0.2, 0.25) is 5.02 Å². The van der Waals surface area contributed by atoms with E-state index in [2.05, 4.69) is 5.32 Å². The van der Waals surface area contributed by atoms with Crippen LogP contribution in [0.1, 0.15) is 32.5 Å². The number of hydrogen-bond donors (Lipinski definition) is 1. The summed E-state index contributed by atoms with van der Waals surface area (Å²) >= 11 is 6.03. The zero-order valence-corrected chi connectivity index (χ0v) is 12.9. The van der Waals surface area contributed by atoms with E-state index < -0.39 is 0 Å². The first-order valence-corrected chi connectivity index (χ1v) is 7.23. The van der Waals surface area contributed by atoms with Gasteiger partial charge in [0.15, 0.2) is 0 Å².